The molecular weight excluding hydrogens is 255 g/mol. The molecule has 8 heteroatoms. The summed E-state index contributed by atoms with van der Waals surface area (Å²) in [6.07, 6.45) is -4.91. The van der Waals surface area contributed by atoms with Gasteiger partial charge in [-0.3, -0.25) is 9.59 Å². The van der Waals surface area contributed by atoms with E-state index < -0.39 is 35.8 Å². The molecule has 2 rings (SSSR count). The van der Waals surface area contributed by atoms with Crippen molar-refractivity contribution < 1.29 is 32.6 Å². The van der Waals surface area contributed by atoms with Crippen molar-refractivity contribution in [2.75, 3.05) is 26.3 Å². The summed E-state index contributed by atoms with van der Waals surface area (Å²) in [5, 5.41) is 9.05. The number of carbonyl (C=O) groups is 2. The molecule has 18 heavy (non-hydrogen) atoms. The van der Waals surface area contributed by atoms with E-state index in [0.717, 1.165) is 0 Å². The molecular formula is C10H12F3NO4. The molecule has 0 radical (unpaired) electrons. The summed E-state index contributed by atoms with van der Waals surface area (Å²) < 4.78 is 42.1. The third kappa shape index (κ3) is 2.29. The van der Waals surface area contributed by atoms with Crippen LogP contribution in [0.1, 0.15) is 0 Å². The number of alkyl halides is 3. The van der Waals surface area contributed by atoms with Crippen LogP contribution in [0, 0.1) is 17.8 Å². The number of carbonyl (C=O) groups excluding carboxylic acids is 1. The Morgan fingerprint density at radius 1 is 1.17 bits per heavy atom. The fourth-order valence-corrected chi connectivity index (χ4v) is 2.68. The zero-order valence-electron chi connectivity index (χ0n) is 9.31. The van der Waals surface area contributed by atoms with Gasteiger partial charge in [0.25, 0.3) is 0 Å². The van der Waals surface area contributed by atoms with Crippen LogP contribution in [0.25, 0.3) is 0 Å². The fourth-order valence-electron chi connectivity index (χ4n) is 2.68. The van der Waals surface area contributed by atoms with Gasteiger partial charge >= 0.3 is 18.1 Å². The number of likely N-dealkylation sites (tertiary alicyclic amines) is 1. The Balaban J connectivity index is 2.14. The van der Waals surface area contributed by atoms with E-state index in [2.05, 4.69) is 0 Å². The second kappa shape index (κ2) is 4.42. The van der Waals surface area contributed by atoms with Gasteiger partial charge in [-0.2, -0.15) is 13.2 Å². The standard InChI is InChI=1S/C10H12F3NO4/c11-10(12,13)9(17)14-1-5-3-18-4-6(2-14)7(5)8(15)16/h5-7H,1-4H2,(H,15,16). The van der Waals surface area contributed by atoms with Crippen LogP contribution < -0.4 is 0 Å². The number of carboxylic acids is 1. The van der Waals surface area contributed by atoms with Crippen LogP contribution in [0.5, 0.6) is 0 Å². The lowest BCUT2D eigenvalue weighted by Gasteiger charge is -2.45. The second-order valence-electron chi connectivity index (χ2n) is 4.63. The Morgan fingerprint density at radius 2 is 1.67 bits per heavy atom. The fraction of sp³-hybridized carbons (Fsp3) is 0.800. The van der Waals surface area contributed by atoms with Gasteiger partial charge in [0.2, 0.25) is 0 Å². The lowest BCUT2D eigenvalue weighted by atomic mass is 9.76. The molecule has 0 aromatic rings. The predicted octanol–water partition coefficient (Wildman–Crippen LogP) is 0.354. The molecule has 2 fully saturated rings. The number of nitrogens with zero attached hydrogens (tertiary/aromatic N) is 1. The Labute approximate surface area is 100 Å². The first kappa shape index (κ1) is 13.1. The Kier molecular flexibility index (Phi) is 3.22. The number of ether oxygens (including phenoxy) is 1. The van der Waals surface area contributed by atoms with Crippen LogP contribution in [0.15, 0.2) is 0 Å². The van der Waals surface area contributed by atoms with E-state index in [1.54, 1.807) is 0 Å². The number of halogens is 3. The molecule has 2 aliphatic rings. The van der Waals surface area contributed by atoms with Gasteiger partial charge in [-0.25, -0.2) is 0 Å². The molecule has 0 spiro atoms. The SMILES string of the molecule is O=C(O)C1C2COCC1CN(C(=O)C(F)(F)F)C2. The third-order valence-electron chi connectivity index (χ3n) is 3.40. The Morgan fingerprint density at radius 3 is 2.06 bits per heavy atom. The number of aliphatic carboxylic acids is 1. The summed E-state index contributed by atoms with van der Waals surface area (Å²) in [7, 11) is 0. The van der Waals surface area contributed by atoms with Crippen LogP contribution in [0.2, 0.25) is 0 Å². The van der Waals surface area contributed by atoms with Crippen molar-refractivity contribution in [1.29, 1.82) is 0 Å². The van der Waals surface area contributed by atoms with Gasteiger partial charge in [0.05, 0.1) is 19.1 Å². The molecule has 0 aliphatic carbocycles. The van der Waals surface area contributed by atoms with Crippen LogP contribution in [0.4, 0.5) is 13.2 Å². The molecule has 5 nitrogen and oxygen atoms in total. The van der Waals surface area contributed by atoms with Crippen LogP contribution >= 0.6 is 0 Å². The van der Waals surface area contributed by atoms with Crippen molar-refractivity contribution in [3.63, 3.8) is 0 Å². The van der Waals surface area contributed by atoms with E-state index in [4.69, 9.17) is 9.84 Å². The molecule has 1 amide bonds. The van der Waals surface area contributed by atoms with Crippen LogP contribution in [0.3, 0.4) is 0 Å². The summed E-state index contributed by atoms with van der Waals surface area (Å²) in [6, 6.07) is 0. The molecule has 102 valence electrons. The first-order valence-corrected chi connectivity index (χ1v) is 5.47. The number of rotatable bonds is 1. The van der Waals surface area contributed by atoms with E-state index in [1.807, 2.05) is 0 Å². The smallest absolute Gasteiger partial charge is 0.471 e. The zero-order chi connectivity index (χ0) is 13.5. The number of piperidine rings is 1. The number of carboxylic acid groups (broad SMARTS) is 1. The van der Waals surface area contributed by atoms with Crippen LogP contribution in [-0.4, -0.2) is 54.4 Å². The predicted molar refractivity (Wildman–Crippen MR) is 51.6 cm³/mol. The van der Waals surface area contributed by atoms with Gasteiger partial charge in [0, 0.05) is 24.9 Å². The maximum Gasteiger partial charge on any atom is 0.471 e. The summed E-state index contributed by atoms with van der Waals surface area (Å²) in [5.74, 6) is -4.80. The molecule has 2 unspecified atom stereocenters. The van der Waals surface area contributed by atoms with Gasteiger partial charge in [-0.05, 0) is 0 Å². The summed E-state index contributed by atoms with van der Waals surface area (Å²) in [6.45, 7) is -0.276. The Bertz CT molecular complexity index is 357. The van der Waals surface area contributed by atoms with E-state index in [9.17, 15) is 22.8 Å². The molecule has 2 bridgehead atoms. The minimum absolute atomic E-state index is 0.0785. The Hall–Kier alpha value is -1.31. The van der Waals surface area contributed by atoms with Crippen LogP contribution in [-0.2, 0) is 14.3 Å². The maximum atomic E-state index is 12.3. The quantitative estimate of drug-likeness (QED) is 0.744. The lowest BCUT2D eigenvalue weighted by Crippen LogP contribution is -2.58. The number of fused-ring (bicyclic) bond motifs is 2. The number of hydrogen-bond donors (Lipinski definition) is 1. The van der Waals surface area contributed by atoms with E-state index in [-0.39, 0.29) is 26.3 Å². The van der Waals surface area contributed by atoms with Gasteiger partial charge < -0.3 is 14.7 Å². The molecule has 0 saturated carbocycles. The number of hydrogen-bond acceptors (Lipinski definition) is 3. The lowest BCUT2D eigenvalue weighted by molar-refractivity contribution is -0.195. The summed E-state index contributed by atoms with van der Waals surface area (Å²) in [4.78, 5) is 22.9. The van der Waals surface area contributed by atoms with Gasteiger partial charge in [-0.15, -0.1) is 0 Å². The van der Waals surface area contributed by atoms with E-state index >= 15 is 0 Å². The number of amides is 1. The van der Waals surface area contributed by atoms with Gasteiger partial charge in [-0.1, -0.05) is 0 Å². The second-order valence-corrected chi connectivity index (χ2v) is 4.63. The average Bonchev–Trinajstić information content (AvgIpc) is 2.24. The topological polar surface area (TPSA) is 66.8 Å². The van der Waals surface area contributed by atoms with E-state index in [1.165, 1.54) is 0 Å². The minimum Gasteiger partial charge on any atom is -0.481 e. The first-order valence-electron chi connectivity index (χ1n) is 5.47. The highest BCUT2D eigenvalue weighted by Crippen LogP contribution is 2.35. The first-order chi connectivity index (χ1) is 8.30. The normalized spacial score (nSPS) is 32.2. The molecule has 2 atom stereocenters. The van der Waals surface area contributed by atoms with Crippen molar-refractivity contribution in [1.82, 2.24) is 4.90 Å². The van der Waals surface area contributed by atoms with Crippen molar-refractivity contribution in [2.24, 2.45) is 17.8 Å². The van der Waals surface area contributed by atoms with Crippen molar-refractivity contribution in [3.05, 3.63) is 0 Å². The molecule has 0 aromatic carbocycles. The highest BCUT2D eigenvalue weighted by atomic mass is 19.4. The highest BCUT2D eigenvalue weighted by molar-refractivity contribution is 5.82. The molecule has 2 saturated heterocycles. The third-order valence-corrected chi connectivity index (χ3v) is 3.40. The highest BCUT2D eigenvalue weighted by Gasteiger charge is 2.50. The summed E-state index contributed by atoms with van der Waals surface area (Å²) >= 11 is 0. The molecule has 0 aromatic heterocycles. The monoisotopic (exact) mass is 267 g/mol. The van der Waals surface area contributed by atoms with E-state index in [0.29, 0.717) is 4.90 Å². The van der Waals surface area contributed by atoms with Gasteiger partial charge in [0.15, 0.2) is 0 Å². The summed E-state index contributed by atoms with van der Waals surface area (Å²) in [5.41, 5.74) is 0. The zero-order valence-corrected chi connectivity index (χ0v) is 9.31. The molecule has 1 N–H and O–H groups in total. The largest absolute Gasteiger partial charge is 0.481 e. The minimum atomic E-state index is -4.91. The van der Waals surface area contributed by atoms with Crippen molar-refractivity contribution in [2.45, 2.75) is 6.18 Å². The molecule has 2 aliphatic heterocycles. The van der Waals surface area contributed by atoms with Crippen molar-refractivity contribution in [3.8, 4) is 0 Å². The van der Waals surface area contributed by atoms with Crippen molar-refractivity contribution >= 4 is 11.9 Å². The van der Waals surface area contributed by atoms with Gasteiger partial charge in [0.1, 0.15) is 0 Å². The maximum absolute atomic E-state index is 12.3. The average molecular weight is 267 g/mol. The molecule has 2 heterocycles.